The van der Waals surface area contributed by atoms with Gasteiger partial charge in [0, 0.05) is 19.8 Å². The Hall–Kier alpha value is -1.43. The lowest BCUT2D eigenvalue weighted by Gasteiger charge is -2.14. The Bertz CT molecular complexity index is 355. The molecule has 0 spiro atoms. The summed E-state index contributed by atoms with van der Waals surface area (Å²) in [5.74, 6) is -0.221. The third-order valence-electron chi connectivity index (χ3n) is 2.10. The van der Waals surface area contributed by atoms with Crippen molar-refractivity contribution in [3.05, 3.63) is 24.3 Å². The number of alkyl halides is 3. The number of rotatable bonds is 7. The van der Waals surface area contributed by atoms with Gasteiger partial charge in [0.2, 0.25) is 0 Å². The molecule has 0 aliphatic carbocycles. The van der Waals surface area contributed by atoms with Crippen LogP contribution in [0.4, 0.5) is 18.9 Å². The van der Waals surface area contributed by atoms with E-state index in [1.165, 1.54) is 12.1 Å². The molecule has 0 heterocycles. The Morgan fingerprint density at radius 1 is 1.22 bits per heavy atom. The van der Waals surface area contributed by atoms with Gasteiger partial charge in [0.25, 0.3) is 0 Å². The molecule has 18 heavy (non-hydrogen) atoms. The summed E-state index contributed by atoms with van der Waals surface area (Å²) in [4.78, 5) is 0. The first-order chi connectivity index (χ1) is 8.53. The Kier molecular flexibility index (Phi) is 5.77. The third kappa shape index (κ3) is 5.77. The van der Waals surface area contributed by atoms with Crippen LogP contribution in [0.3, 0.4) is 0 Å². The molecule has 0 bridgehead atoms. The van der Waals surface area contributed by atoms with Crippen LogP contribution in [0.25, 0.3) is 0 Å². The minimum atomic E-state index is -4.68. The number of para-hydroxylation sites is 2. The number of ether oxygens (including phenoxy) is 2. The normalized spacial score (nSPS) is 11.3. The average Bonchev–Trinajstić information content (AvgIpc) is 2.29. The van der Waals surface area contributed by atoms with Crippen LogP contribution in [0, 0.1) is 0 Å². The molecule has 0 amide bonds. The number of benzene rings is 1. The summed E-state index contributed by atoms with van der Waals surface area (Å²) in [5, 5.41) is 2.89. The van der Waals surface area contributed by atoms with E-state index in [0.29, 0.717) is 31.9 Å². The van der Waals surface area contributed by atoms with Crippen molar-refractivity contribution in [1.29, 1.82) is 0 Å². The van der Waals surface area contributed by atoms with E-state index < -0.39 is 6.36 Å². The molecule has 3 nitrogen and oxygen atoms in total. The Morgan fingerprint density at radius 3 is 2.61 bits per heavy atom. The van der Waals surface area contributed by atoms with Crippen molar-refractivity contribution in [2.24, 2.45) is 0 Å². The van der Waals surface area contributed by atoms with Crippen LogP contribution in [-0.4, -0.2) is 26.1 Å². The zero-order valence-corrected chi connectivity index (χ0v) is 10.1. The quantitative estimate of drug-likeness (QED) is 0.764. The van der Waals surface area contributed by atoms with Crippen molar-refractivity contribution < 1.29 is 22.6 Å². The summed E-state index contributed by atoms with van der Waals surface area (Å²) in [7, 11) is 0. The Morgan fingerprint density at radius 2 is 1.94 bits per heavy atom. The molecule has 0 saturated carbocycles. The summed E-state index contributed by atoms with van der Waals surface area (Å²) in [6.07, 6.45) is -3.96. The number of hydrogen-bond donors (Lipinski definition) is 1. The zero-order chi connectivity index (χ0) is 13.4. The van der Waals surface area contributed by atoms with E-state index >= 15 is 0 Å². The summed E-state index contributed by atoms with van der Waals surface area (Å²) in [5.41, 5.74) is 0.325. The SMILES string of the molecule is CCOCCCNc1ccccc1OC(F)(F)F. The molecule has 1 rings (SSSR count). The van der Waals surface area contributed by atoms with Gasteiger partial charge in [-0.25, -0.2) is 0 Å². The highest BCUT2D eigenvalue weighted by Gasteiger charge is 2.31. The highest BCUT2D eigenvalue weighted by Crippen LogP contribution is 2.29. The fraction of sp³-hybridized carbons (Fsp3) is 0.500. The van der Waals surface area contributed by atoms with Gasteiger partial charge in [-0.3, -0.25) is 0 Å². The maximum absolute atomic E-state index is 12.1. The Balaban J connectivity index is 2.49. The van der Waals surface area contributed by atoms with Crippen LogP contribution in [0.2, 0.25) is 0 Å². The van der Waals surface area contributed by atoms with Crippen molar-refractivity contribution >= 4 is 5.69 Å². The second kappa shape index (κ2) is 7.10. The highest BCUT2D eigenvalue weighted by atomic mass is 19.4. The molecular formula is C12H16F3NO2. The van der Waals surface area contributed by atoms with Gasteiger partial charge < -0.3 is 14.8 Å². The number of halogens is 3. The van der Waals surface area contributed by atoms with Crippen molar-refractivity contribution in [2.75, 3.05) is 25.1 Å². The standard InChI is InChI=1S/C12H16F3NO2/c1-2-17-9-5-8-16-10-6-3-4-7-11(10)18-12(13,14)15/h3-4,6-7,16H,2,5,8-9H2,1H3. The molecule has 0 aromatic heterocycles. The maximum atomic E-state index is 12.1. The lowest BCUT2D eigenvalue weighted by atomic mass is 10.3. The summed E-state index contributed by atoms with van der Waals surface area (Å²) < 4.78 is 45.5. The molecule has 1 aromatic carbocycles. The first-order valence-corrected chi connectivity index (χ1v) is 5.69. The molecule has 1 N–H and O–H groups in total. The topological polar surface area (TPSA) is 30.5 Å². The summed E-state index contributed by atoms with van der Waals surface area (Å²) >= 11 is 0. The molecular weight excluding hydrogens is 247 g/mol. The van der Waals surface area contributed by atoms with Crippen LogP contribution >= 0.6 is 0 Å². The van der Waals surface area contributed by atoms with Crippen LogP contribution in [0.15, 0.2) is 24.3 Å². The van der Waals surface area contributed by atoms with E-state index in [-0.39, 0.29) is 5.75 Å². The second-order valence-corrected chi connectivity index (χ2v) is 3.52. The van der Waals surface area contributed by atoms with Crippen LogP contribution in [0.1, 0.15) is 13.3 Å². The molecule has 0 radical (unpaired) electrons. The molecule has 1 aromatic rings. The lowest BCUT2D eigenvalue weighted by Crippen LogP contribution is -2.18. The van der Waals surface area contributed by atoms with Gasteiger partial charge in [-0.15, -0.1) is 13.2 Å². The van der Waals surface area contributed by atoms with Crippen molar-refractivity contribution in [3.63, 3.8) is 0 Å². The molecule has 102 valence electrons. The fourth-order valence-electron chi connectivity index (χ4n) is 1.37. The van der Waals surface area contributed by atoms with Crippen molar-refractivity contribution in [2.45, 2.75) is 19.7 Å². The molecule has 0 atom stereocenters. The first kappa shape index (κ1) is 14.6. The van der Waals surface area contributed by atoms with Gasteiger partial charge in [0.15, 0.2) is 5.75 Å². The van der Waals surface area contributed by atoms with Crippen LogP contribution in [-0.2, 0) is 4.74 Å². The van der Waals surface area contributed by atoms with E-state index in [9.17, 15) is 13.2 Å². The van der Waals surface area contributed by atoms with Crippen LogP contribution < -0.4 is 10.1 Å². The Labute approximate surface area is 104 Å². The maximum Gasteiger partial charge on any atom is 0.573 e. The fourth-order valence-corrected chi connectivity index (χ4v) is 1.37. The van der Waals surface area contributed by atoms with Crippen molar-refractivity contribution in [1.82, 2.24) is 0 Å². The molecule has 0 aliphatic rings. The summed E-state index contributed by atoms with van der Waals surface area (Å²) in [6, 6.07) is 5.96. The predicted molar refractivity (Wildman–Crippen MR) is 62.7 cm³/mol. The number of hydrogen-bond acceptors (Lipinski definition) is 3. The number of anilines is 1. The van der Waals surface area contributed by atoms with E-state index in [0.717, 1.165) is 0 Å². The van der Waals surface area contributed by atoms with Gasteiger partial charge in [0.1, 0.15) is 0 Å². The van der Waals surface area contributed by atoms with Gasteiger partial charge in [-0.1, -0.05) is 12.1 Å². The van der Waals surface area contributed by atoms with Gasteiger partial charge >= 0.3 is 6.36 Å². The molecule has 0 saturated heterocycles. The van der Waals surface area contributed by atoms with E-state index in [2.05, 4.69) is 10.1 Å². The largest absolute Gasteiger partial charge is 0.573 e. The summed E-state index contributed by atoms with van der Waals surface area (Å²) in [6.45, 7) is 3.62. The van der Waals surface area contributed by atoms with Gasteiger partial charge in [0.05, 0.1) is 5.69 Å². The van der Waals surface area contributed by atoms with E-state index in [1.54, 1.807) is 12.1 Å². The average molecular weight is 263 g/mol. The van der Waals surface area contributed by atoms with Crippen LogP contribution in [0.5, 0.6) is 5.75 Å². The number of nitrogens with one attached hydrogen (secondary N) is 1. The minimum Gasteiger partial charge on any atom is -0.404 e. The molecule has 0 aliphatic heterocycles. The monoisotopic (exact) mass is 263 g/mol. The highest BCUT2D eigenvalue weighted by molar-refractivity contribution is 5.56. The minimum absolute atomic E-state index is 0.221. The zero-order valence-electron chi connectivity index (χ0n) is 10.1. The predicted octanol–water partition coefficient (Wildman–Crippen LogP) is 3.42. The second-order valence-electron chi connectivity index (χ2n) is 3.52. The molecule has 0 fully saturated rings. The van der Waals surface area contributed by atoms with Gasteiger partial charge in [-0.2, -0.15) is 0 Å². The van der Waals surface area contributed by atoms with Crippen molar-refractivity contribution in [3.8, 4) is 5.75 Å². The first-order valence-electron chi connectivity index (χ1n) is 5.69. The third-order valence-corrected chi connectivity index (χ3v) is 2.10. The van der Waals surface area contributed by atoms with E-state index in [4.69, 9.17) is 4.74 Å². The van der Waals surface area contributed by atoms with E-state index in [1.807, 2.05) is 6.92 Å². The molecule has 6 heteroatoms. The smallest absolute Gasteiger partial charge is 0.404 e. The van der Waals surface area contributed by atoms with Gasteiger partial charge in [-0.05, 0) is 25.5 Å². The molecule has 0 unspecified atom stereocenters. The lowest BCUT2D eigenvalue weighted by molar-refractivity contribution is -0.274.